The van der Waals surface area contributed by atoms with Crippen LogP contribution in [0.5, 0.6) is 0 Å². The van der Waals surface area contributed by atoms with Gasteiger partial charge in [-0.1, -0.05) is 0 Å². The van der Waals surface area contributed by atoms with Gasteiger partial charge in [0.2, 0.25) is 0 Å². The van der Waals surface area contributed by atoms with E-state index in [4.69, 9.17) is 21.8 Å². The highest BCUT2D eigenvalue weighted by Crippen LogP contribution is 2.22. The average molecular weight is 184 g/mol. The van der Waals surface area contributed by atoms with Gasteiger partial charge in [0.05, 0.1) is 6.20 Å². The summed E-state index contributed by atoms with van der Waals surface area (Å²) in [6.07, 6.45) is 1.59. The van der Waals surface area contributed by atoms with Gasteiger partial charge in [-0.25, -0.2) is 4.98 Å². The third kappa shape index (κ3) is 1.16. The summed E-state index contributed by atoms with van der Waals surface area (Å²) in [5.41, 5.74) is 6.10. The fourth-order valence-electron chi connectivity index (χ4n) is 0.921. The zero-order valence-corrected chi connectivity index (χ0v) is 6.80. The number of nitrogens with one attached hydrogen (secondary N) is 1. The number of nitrogen functional groups attached to an aromatic ring is 1. The van der Waals surface area contributed by atoms with Gasteiger partial charge in [-0.3, -0.25) is 0 Å². The number of furan rings is 1. The molecule has 62 valence electrons. The number of aromatic amines is 1. The van der Waals surface area contributed by atoms with Gasteiger partial charge in [-0.15, -0.1) is 0 Å². The van der Waals surface area contributed by atoms with Crippen LogP contribution in [-0.4, -0.2) is 9.97 Å². The standard InChI is InChI=1S/C7H6ClN3O/c8-6-2-1-5(12-6)4-3-10-7(9)11-4/h1-3H,(H3,9,10,11). The predicted molar refractivity (Wildman–Crippen MR) is 45.7 cm³/mol. The molecule has 0 aliphatic carbocycles. The molecule has 0 spiro atoms. The van der Waals surface area contributed by atoms with Crippen LogP contribution in [-0.2, 0) is 0 Å². The number of rotatable bonds is 1. The number of hydrogen-bond acceptors (Lipinski definition) is 3. The molecule has 0 aromatic carbocycles. The van der Waals surface area contributed by atoms with Crippen molar-refractivity contribution in [3.05, 3.63) is 23.5 Å². The number of imidazole rings is 1. The Bertz CT molecular complexity index is 355. The summed E-state index contributed by atoms with van der Waals surface area (Å²) in [6.45, 7) is 0. The minimum atomic E-state index is 0.346. The SMILES string of the molecule is Nc1ncc(-c2ccc(Cl)o2)[nH]1. The minimum absolute atomic E-state index is 0.346. The van der Waals surface area contributed by atoms with Gasteiger partial charge >= 0.3 is 0 Å². The number of aromatic nitrogens is 2. The maximum absolute atomic E-state index is 5.58. The van der Waals surface area contributed by atoms with Crippen LogP contribution in [0, 0.1) is 0 Å². The van der Waals surface area contributed by atoms with Crippen LogP contribution in [0.4, 0.5) is 5.95 Å². The van der Waals surface area contributed by atoms with Crippen LogP contribution >= 0.6 is 11.6 Å². The Morgan fingerprint density at radius 2 is 2.33 bits per heavy atom. The van der Waals surface area contributed by atoms with Gasteiger partial charge in [-0.05, 0) is 23.7 Å². The number of halogens is 1. The first-order valence-electron chi connectivity index (χ1n) is 3.32. The molecule has 0 aliphatic rings. The molecule has 0 saturated carbocycles. The molecule has 0 fully saturated rings. The summed E-state index contributed by atoms with van der Waals surface area (Å²) in [5, 5.41) is 0.346. The van der Waals surface area contributed by atoms with Gasteiger partial charge < -0.3 is 15.1 Å². The van der Waals surface area contributed by atoms with Crippen molar-refractivity contribution in [3.63, 3.8) is 0 Å². The Labute approximate surface area is 73.4 Å². The van der Waals surface area contributed by atoms with Crippen molar-refractivity contribution < 1.29 is 4.42 Å². The molecule has 0 radical (unpaired) electrons. The van der Waals surface area contributed by atoms with E-state index in [-0.39, 0.29) is 0 Å². The van der Waals surface area contributed by atoms with Crippen LogP contribution in [0.15, 0.2) is 22.7 Å². The highest BCUT2D eigenvalue weighted by Gasteiger charge is 2.04. The van der Waals surface area contributed by atoms with Crippen molar-refractivity contribution in [2.45, 2.75) is 0 Å². The van der Waals surface area contributed by atoms with E-state index in [0.29, 0.717) is 16.9 Å². The number of anilines is 1. The van der Waals surface area contributed by atoms with E-state index < -0.39 is 0 Å². The first-order valence-corrected chi connectivity index (χ1v) is 3.70. The van der Waals surface area contributed by atoms with Crippen molar-refractivity contribution >= 4 is 17.5 Å². The third-order valence-electron chi connectivity index (χ3n) is 1.43. The minimum Gasteiger partial charge on any atom is -0.443 e. The van der Waals surface area contributed by atoms with Crippen LogP contribution in [0.25, 0.3) is 11.5 Å². The first-order chi connectivity index (χ1) is 5.75. The fourth-order valence-corrected chi connectivity index (χ4v) is 1.07. The van der Waals surface area contributed by atoms with Crippen molar-refractivity contribution in [2.24, 2.45) is 0 Å². The van der Waals surface area contributed by atoms with E-state index in [0.717, 1.165) is 5.69 Å². The lowest BCUT2D eigenvalue weighted by molar-refractivity contribution is 0.582. The smallest absolute Gasteiger partial charge is 0.197 e. The highest BCUT2D eigenvalue weighted by molar-refractivity contribution is 6.28. The molecule has 2 rings (SSSR count). The molecule has 2 aromatic heterocycles. The molecule has 2 aromatic rings. The van der Waals surface area contributed by atoms with E-state index in [1.165, 1.54) is 0 Å². The van der Waals surface area contributed by atoms with Crippen LogP contribution in [0.3, 0.4) is 0 Å². The summed E-state index contributed by atoms with van der Waals surface area (Å²) in [5.74, 6) is 0.988. The lowest BCUT2D eigenvalue weighted by Crippen LogP contribution is -1.84. The second-order valence-electron chi connectivity index (χ2n) is 2.29. The van der Waals surface area contributed by atoms with Gasteiger partial charge in [0, 0.05) is 0 Å². The normalized spacial score (nSPS) is 10.4. The van der Waals surface area contributed by atoms with E-state index >= 15 is 0 Å². The number of hydrogen-bond donors (Lipinski definition) is 2. The molecular formula is C7H6ClN3O. The predicted octanol–water partition coefficient (Wildman–Crippen LogP) is 1.91. The zero-order valence-electron chi connectivity index (χ0n) is 6.04. The van der Waals surface area contributed by atoms with Gasteiger partial charge in [0.1, 0.15) is 5.69 Å². The van der Waals surface area contributed by atoms with E-state index in [1.54, 1.807) is 18.3 Å². The zero-order chi connectivity index (χ0) is 8.55. The fraction of sp³-hybridized carbons (Fsp3) is 0. The Morgan fingerprint density at radius 3 is 2.83 bits per heavy atom. The largest absolute Gasteiger partial charge is 0.443 e. The number of H-pyrrole nitrogens is 1. The van der Waals surface area contributed by atoms with Gasteiger partial charge in [0.25, 0.3) is 0 Å². The molecule has 0 amide bonds. The van der Waals surface area contributed by atoms with E-state index in [9.17, 15) is 0 Å². The number of nitrogens with zero attached hydrogens (tertiary/aromatic N) is 1. The van der Waals surface area contributed by atoms with Crippen LogP contribution < -0.4 is 5.73 Å². The highest BCUT2D eigenvalue weighted by atomic mass is 35.5. The molecular weight excluding hydrogens is 178 g/mol. The molecule has 3 N–H and O–H groups in total. The van der Waals surface area contributed by atoms with E-state index in [2.05, 4.69) is 9.97 Å². The maximum atomic E-state index is 5.58. The number of nitrogens with two attached hydrogens (primary N) is 1. The van der Waals surface area contributed by atoms with Crippen molar-refractivity contribution in [3.8, 4) is 11.5 Å². The Balaban J connectivity index is 2.43. The second-order valence-corrected chi connectivity index (χ2v) is 2.66. The van der Waals surface area contributed by atoms with Gasteiger partial charge in [-0.2, -0.15) is 0 Å². The Kier molecular flexibility index (Phi) is 1.55. The van der Waals surface area contributed by atoms with Crippen molar-refractivity contribution in [1.82, 2.24) is 9.97 Å². The lowest BCUT2D eigenvalue weighted by atomic mass is 10.4. The topological polar surface area (TPSA) is 67.8 Å². The monoisotopic (exact) mass is 183 g/mol. The summed E-state index contributed by atoms with van der Waals surface area (Å²) >= 11 is 5.58. The lowest BCUT2D eigenvalue weighted by Gasteiger charge is -1.87. The Morgan fingerprint density at radius 1 is 1.50 bits per heavy atom. The molecule has 12 heavy (non-hydrogen) atoms. The second kappa shape index (κ2) is 2.57. The summed E-state index contributed by atoms with van der Waals surface area (Å²) in [7, 11) is 0. The Hall–Kier alpha value is -1.42. The average Bonchev–Trinajstić information content (AvgIpc) is 2.58. The third-order valence-corrected chi connectivity index (χ3v) is 1.64. The van der Waals surface area contributed by atoms with Gasteiger partial charge in [0.15, 0.2) is 16.9 Å². The molecule has 0 aliphatic heterocycles. The summed E-state index contributed by atoms with van der Waals surface area (Å²) in [6, 6.07) is 3.41. The maximum Gasteiger partial charge on any atom is 0.197 e. The molecule has 5 heteroatoms. The quantitative estimate of drug-likeness (QED) is 0.710. The van der Waals surface area contributed by atoms with Crippen molar-refractivity contribution in [1.29, 1.82) is 0 Å². The molecule has 0 atom stereocenters. The van der Waals surface area contributed by atoms with E-state index in [1.807, 2.05) is 0 Å². The van der Waals surface area contributed by atoms with Crippen molar-refractivity contribution in [2.75, 3.05) is 5.73 Å². The summed E-state index contributed by atoms with van der Waals surface area (Å²) in [4.78, 5) is 6.64. The molecule has 4 nitrogen and oxygen atoms in total. The van der Waals surface area contributed by atoms with Crippen LogP contribution in [0.1, 0.15) is 0 Å². The molecule has 2 heterocycles. The van der Waals surface area contributed by atoms with Crippen LogP contribution in [0.2, 0.25) is 5.22 Å². The molecule has 0 bridgehead atoms. The molecule has 0 saturated heterocycles. The summed E-state index contributed by atoms with van der Waals surface area (Å²) < 4.78 is 5.12. The first kappa shape index (κ1) is 7.24. The molecule has 0 unspecified atom stereocenters.